The van der Waals surface area contributed by atoms with E-state index in [4.69, 9.17) is 14.5 Å². The minimum atomic E-state index is -0.451. The van der Waals surface area contributed by atoms with Crippen molar-refractivity contribution < 1.29 is 23.8 Å². The Hall–Kier alpha value is -4.61. The summed E-state index contributed by atoms with van der Waals surface area (Å²) < 4.78 is 29.0. The summed E-state index contributed by atoms with van der Waals surface area (Å²) in [5.74, 6) is 2.23. The summed E-state index contributed by atoms with van der Waals surface area (Å²) in [4.78, 5) is 22.0. The molecule has 5 aliphatic rings. The summed E-state index contributed by atoms with van der Waals surface area (Å²) in [5.41, 5.74) is 7.42. The fraction of sp³-hybridized carbons (Fsp3) is 0.500. The van der Waals surface area contributed by atoms with Gasteiger partial charge in [0.05, 0.1) is 23.8 Å². The molecule has 0 amide bonds. The van der Waals surface area contributed by atoms with Crippen LogP contribution in [0.15, 0.2) is 65.9 Å². The first-order valence-electron chi connectivity index (χ1n) is 20.2. The van der Waals surface area contributed by atoms with Gasteiger partial charge in [0, 0.05) is 55.9 Å². The van der Waals surface area contributed by atoms with Gasteiger partial charge in [-0.3, -0.25) is 14.5 Å². The number of halogens is 1. The monoisotopic (exact) mass is 746 g/mol. The summed E-state index contributed by atoms with van der Waals surface area (Å²) in [6.45, 7) is 5.39. The number of ether oxygens (including phenoxy) is 2. The first-order valence-corrected chi connectivity index (χ1v) is 20.2. The van der Waals surface area contributed by atoms with Crippen LogP contribution in [0.25, 0.3) is 0 Å². The van der Waals surface area contributed by atoms with Crippen LogP contribution >= 0.6 is 0 Å². The highest BCUT2D eigenvalue weighted by Crippen LogP contribution is 2.61. The molecule has 7 atom stereocenters. The van der Waals surface area contributed by atoms with Crippen LogP contribution in [0.1, 0.15) is 108 Å². The van der Waals surface area contributed by atoms with Crippen LogP contribution in [0.2, 0.25) is 0 Å². The topological polar surface area (TPSA) is 123 Å². The molecule has 10 nitrogen and oxygen atoms in total. The van der Waals surface area contributed by atoms with E-state index in [0.717, 1.165) is 73.5 Å². The number of phenols is 1. The molecule has 3 N–H and O–H groups in total. The highest BCUT2D eigenvalue weighted by atomic mass is 19.1. The van der Waals surface area contributed by atoms with Crippen molar-refractivity contribution >= 4 is 22.9 Å². The maximum Gasteiger partial charge on any atom is 0.185 e. The van der Waals surface area contributed by atoms with E-state index in [1.165, 1.54) is 55.3 Å². The predicted octanol–water partition coefficient (Wildman–Crippen LogP) is 7.75. The maximum absolute atomic E-state index is 14.7. The lowest BCUT2D eigenvalue weighted by Crippen LogP contribution is -2.44. The Kier molecular flexibility index (Phi) is 9.70. The van der Waals surface area contributed by atoms with E-state index in [1.807, 2.05) is 19.2 Å². The van der Waals surface area contributed by atoms with Gasteiger partial charge >= 0.3 is 0 Å². The van der Waals surface area contributed by atoms with Crippen molar-refractivity contribution in [2.45, 2.75) is 82.3 Å². The standard InChI is InChI=1S/C44H51FN6O4/c1-44-16-15-32-31-12-10-30(52)21-27(31)7-11-33(32)35(44)13-14-38(44)55-20-4-19-54-18-3-17-46-29-8-5-26(6-9-29)41-40(43-48-25-49-51(43)2)42-39-34(37(53)24-47-42)22-28(45)23-36(39)50-41/h5-6,8-10,12,21-23,25,32-33,35,38,40-41,46,50,52H,3-4,7,11,13-20,24H2,1-2H3/t32-,33-,35+,38?,40-,41-,44+/m1/s1. The summed E-state index contributed by atoms with van der Waals surface area (Å²) >= 11 is 0. The average Bonchev–Trinajstić information content (AvgIpc) is 3.76. The number of fused-ring (bicyclic) bond motifs is 5. The molecule has 3 heterocycles. The van der Waals surface area contributed by atoms with Gasteiger partial charge in [0.2, 0.25) is 0 Å². The number of ketones is 1. The highest BCUT2D eigenvalue weighted by molar-refractivity contribution is 6.21. The predicted molar refractivity (Wildman–Crippen MR) is 210 cm³/mol. The minimum Gasteiger partial charge on any atom is -0.508 e. The number of aromatic hydroxyl groups is 1. The summed E-state index contributed by atoms with van der Waals surface area (Å²) in [5, 5.41) is 21.3. The van der Waals surface area contributed by atoms with Crippen LogP contribution in [-0.4, -0.2) is 70.4 Å². The van der Waals surface area contributed by atoms with Crippen molar-refractivity contribution in [2.24, 2.45) is 29.3 Å². The number of carbonyl (C=O) groups is 1. The van der Waals surface area contributed by atoms with E-state index in [0.29, 0.717) is 47.8 Å². The van der Waals surface area contributed by atoms with E-state index >= 15 is 0 Å². The number of aliphatic imine (C=N–C) groups is 1. The quantitative estimate of drug-likeness (QED) is 0.126. The molecule has 2 aliphatic heterocycles. The first-order chi connectivity index (χ1) is 26.8. The molecule has 3 aromatic carbocycles. The third-order valence-corrected chi connectivity index (χ3v) is 13.5. The molecule has 11 heteroatoms. The van der Waals surface area contributed by atoms with Crippen molar-refractivity contribution in [3.8, 4) is 5.75 Å². The number of nitrogens with one attached hydrogen (secondary N) is 2. The second-order valence-electron chi connectivity index (χ2n) is 16.5. The summed E-state index contributed by atoms with van der Waals surface area (Å²) in [7, 11) is 1.85. The Bertz CT molecular complexity index is 2100. The Labute approximate surface area is 322 Å². The van der Waals surface area contributed by atoms with Gasteiger partial charge in [0.15, 0.2) is 5.78 Å². The summed E-state index contributed by atoms with van der Waals surface area (Å²) in [6.07, 6.45) is 10.8. The molecule has 288 valence electrons. The van der Waals surface area contributed by atoms with Crippen LogP contribution in [0.3, 0.4) is 0 Å². The number of hydrogen-bond acceptors (Lipinski definition) is 9. The maximum atomic E-state index is 14.7. The number of nitrogens with zero attached hydrogens (tertiary/aromatic N) is 4. The molecule has 0 saturated heterocycles. The Morgan fingerprint density at radius 1 is 1.04 bits per heavy atom. The molecule has 0 radical (unpaired) electrons. The van der Waals surface area contributed by atoms with Crippen molar-refractivity contribution in [3.63, 3.8) is 0 Å². The first kappa shape index (κ1) is 36.1. The zero-order chi connectivity index (χ0) is 37.7. The third kappa shape index (κ3) is 6.63. The second kappa shape index (κ2) is 14.8. The molecule has 3 aliphatic carbocycles. The van der Waals surface area contributed by atoms with Gasteiger partial charge in [0.1, 0.15) is 30.3 Å². The number of hydrogen-bond donors (Lipinski definition) is 3. The number of aryl methyl sites for hydroxylation is 2. The third-order valence-electron chi connectivity index (χ3n) is 13.5. The molecule has 2 saturated carbocycles. The van der Waals surface area contributed by atoms with Crippen molar-refractivity contribution in [2.75, 3.05) is 43.5 Å². The number of carbonyl (C=O) groups excluding carboxylic acids is 1. The van der Waals surface area contributed by atoms with Gasteiger partial charge in [-0.05, 0) is 128 Å². The van der Waals surface area contributed by atoms with Gasteiger partial charge in [0.25, 0.3) is 0 Å². The molecule has 1 unspecified atom stereocenters. The van der Waals surface area contributed by atoms with E-state index < -0.39 is 5.82 Å². The lowest BCUT2D eigenvalue weighted by molar-refractivity contribution is -0.0677. The Morgan fingerprint density at radius 3 is 2.73 bits per heavy atom. The van der Waals surface area contributed by atoms with Crippen LogP contribution in [0.4, 0.5) is 15.8 Å². The fourth-order valence-electron chi connectivity index (χ4n) is 10.8. The number of Topliss-reactive ketones (excluding diaryl/α,β-unsaturated/α-hetero) is 1. The van der Waals surface area contributed by atoms with Gasteiger partial charge in [-0.15, -0.1) is 0 Å². The molecule has 0 bridgehead atoms. The Balaban J connectivity index is 0.731. The number of benzene rings is 3. The zero-order valence-corrected chi connectivity index (χ0v) is 31.8. The number of aromatic nitrogens is 3. The molecule has 2 fully saturated rings. The van der Waals surface area contributed by atoms with Crippen molar-refractivity contribution in [1.82, 2.24) is 14.8 Å². The molecule has 4 aromatic rings. The fourth-order valence-corrected chi connectivity index (χ4v) is 10.8. The normalized spacial score (nSPS) is 27.7. The molecule has 1 aromatic heterocycles. The van der Waals surface area contributed by atoms with Crippen molar-refractivity contribution in [1.29, 1.82) is 0 Å². The van der Waals surface area contributed by atoms with Crippen molar-refractivity contribution in [3.05, 3.63) is 100 Å². The van der Waals surface area contributed by atoms with E-state index in [2.05, 4.69) is 58.0 Å². The van der Waals surface area contributed by atoms with Gasteiger partial charge in [-0.25, -0.2) is 9.37 Å². The number of anilines is 2. The van der Waals surface area contributed by atoms with E-state index in [-0.39, 0.29) is 29.7 Å². The highest BCUT2D eigenvalue weighted by Gasteiger charge is 2.55. The number of rotatable bonds is 12. The molecular formula is C44H51FN6O4. The zero-order valence-electron chi connectivity index (χ0n) is 31.8. The Morgan fingerprint density at radius 2 is 1.89 bits per heavy atom. The van der Waals surface area contributed by atoms with Crippen LogP contribution in [0.5, 0.6) is 5.75 Å². The van der Waals surface area contributed by atoms with Crippen LogP contribution in [-0.2, 0) is 22.9 Å². The molecular weight excluding hydrogens is 696 g/mol. The van der Waals surface area contributed by atoms with Gasteiger partial charge < -0.3 is 25.2 Å². The minimum absolute atomic E-state index is 0.0151. The average molecular weight is 747 g/mol. The lowest BCUT2D eigenvalue weighted by atomic mass is 9.55. The van der Waals surface area contributed by atoms with Gasteiger partial charge in [-0.2, -0.15) is 5.10 Å². The smallest absolute Gasteiger partial charge is 0.185 e. The summed E-state index contributed by atoms with van der Waals surface area (Å²) in [6, 6.07) is 16.8. The largest absolute Gasteiger partial charge is 0.508 e. The van der Waals surface area contributed by atoms with E-state index in [9.17, 15) is 14.3 Å². The van der Waals surface area contributed by atoms with Crippen LogP contribution in [0, 0.1) is 23.1 Å². The lowest BCUT2D eigenvalue weighted by Gasteiger charge is -2.50. The molecule has 9 rings (SSSR count). The van der Waals surface area contributed by atoms with E-state index in [1.54, 1.807) is 4.68 Å². The van der Waals surface area contributed by atoms with Crippen LogP contribution < -0.4 is 10.6 Å². The van der Waals surface area contributed by atoms with Gasteiger partial charge in [-0.1, -0.05) is 25.1 Å². The second-order valence-corrected chi connectivity index (χ2v) is 16.5. The molecule has 0 spiro atoms. The number of phenolic OH excluding ortho intramolecular Hbond substituents is 1. The molecule has 55 heavy (non-hydrogen) atoms. The SMILES string of the molecule is Cn1ncnc1[C@H]1C2=NCC(=O)c3cc(F)cc(c32)N[C@@H]1c1ccc(NCCCOCCCOC2CC[C@H]3[C@@H]4CCc5cc(O)ccc5[C@H]4CC[C@]23C)cc1.